The lowest BCUT2D eigenvalue weighted by Crippen LogP contribution is -2.53. The highest BCUT2D eigenvalue weighted by Gasteiger charge is 2.36. The molecule has 21 heavy (non-hydrogen) atoms. The number of carbonyl (C=O) groups is 2. The van der Waals surface area contributed by atoms with E-state index in [0.717, 1.165) is 12.8 Å². The van der Waals surface area contributed by atoms with E-state index in [1.165, 1.54) is 6.92 Å². The Morgan fingerprint density at radius 2 is 1.95 bits per heavy atom. The Bertz CT molecular complexity index is 522. The molecular weight excluding hydrogens is 268 g/mol. The van der Waals surface area contributed by atoms with Gasteiger partial charge in [0.05, 0.1) is 0 Å². The van der Waals surface area contributed by atoms with Gasteiger partial charge in [-0.1, -0.05) is 30.3 Å². The minimum Gasteiger partial charge on any atom is -0.479 e. The maximum atomic E-state index is 11.8. The van der Waals surface area contributed by atoms with Crippen LogP contribution in [0.25, 0.3) is 0 Å². The molecule has 0 aromatic heterocycles. The standard InChI is InChI=1S/C16H20N2O3/c1-3-4-5-9-12-17-15(21)18-16(2,14(19)20)13-10-7-6-8-11-13/h1,6-8,10-11H,4-5,9,12H2,2H3,(H,19,20)(H2,17,18,21). The summed E-state index contributed by atoms with van der Waals surface area (Å²) in [5.74, 6) is 1.41. The molecule has 5 nitrogen and oxygen atoms in total. The number of terminal acetylenes is 1. The summed E-state index contributed by atoms with van der Waals surface area (Å²) >= 11 is 0. The monoisotopic (exact) mass is 288 g/mol. The number of aliphatic carboxylic acids is 1. The van der Waals surface area contributed by atoms with Gasteiger partial charge in [0.25, 0.3) is 0 Å². The lowest BCUT2D eigenvalue weighted by molar-refractivity contribution is -0.144. The largest absolute Gasteiger partial charge is 0.479 e. The van der Waals surface area contributed by atoms with Gasteiger partial charge in [-0.05, 0) is 25.3 Å². The average molecular weight is 288 g/mol. The second kappa shape index (κ2) is 7.95. The highest BCUT2D eigenvalue weighted by Crippen LogP contribution is 2.20. The van der Waals surface area contributed by atoms with Crippen LogP contribution in [0, 0.1) is 12.3 Å². The molecular formula is C16H20N2O3. The molecule has 1 rings (SSSR count). The van der Waals surface area contributed by atoms with Crippen LogP contribution in [-0.4, -0.2) is 23.7 Å². The van der Waals surface area contributed by atoms with Crippen LogP contribution in [-0.2, 0) is 10.3 Å². The van der Waals surface area contributed by atoms with Gasteiger partial charge < -0.3 is 15.7 Å². The van der Waals surface area contributed by atoms with E-state index in [1.807, 2.05) is 0 Å². The number of carbonyl (C=O) groups excluding carboxylic acids is 1. The third-order valence-corrected chi connectivity index (χ3v) is 3.18. The highest BCUT2D eigenvalue weighted by atomic mass is 16.4. The lowest BCUT2D eigenvalue weighted by Gasteiger charge is -2.26. The number of carboxylic acids is 1. The summed E-state index contributed by atoms with van der Waals surface area (Å²) in [7, 11) is 0. The lowest BCUT2D eigenvalue weighted by atomic mass is 9.92. The summed E-state index contributed by atoms with van der Waals surface area (Å²) in [6.45, 7) is 1.92. The number of amides is 2. The van der Waals surface area contributed by atoms with Crippen molar-refractivity contribution in [1.29, 1.82) is 0 Å². The van der Waals surface area contributed by atoms with Gasteiger partial charge in [-0.25, -0.2) is 9.59 Å². The third kappa shape index (κ3) is 4.84. The zero-order valence-electron chi connectivity index (χ0n) is 12.1. The van der Waals surface area contributed by atoms with Crippen molar-refractivity contribution in [2.45, 2.75) is 31.7 Å². The molecule has 1 atom stereocenters. The molecule has 0 saturated heterocycles. The number of hydrogen-bond donors (Lipinski definition) is 3. The molecule has 0 fully saturated rings. The van der Waals surface area contributed by atoms with Crippen molar-refractivity contribution >= 4 is 12.0 Å². The van der Waals surface area contributed by atoms with Crippen molar-refractivity contribution < 1.29 is 14.7 Å². The summed E-state index contributed by atoms with van der Waals surface area (Å²) in [4.78, 5) is 23.4. The summed E-state index contributed by atoms with van der Waals surface area (Å²) in [6, 6.07) is 8.08. The molecule has 0 spiro atoms. The number of nitrogens with one attached hydrogen (secondary N) is 2. The van der Waals surface area contributed by atoms with Gasteiger partial charge in [-0.3, -0.25) is 0 Å². The first kappa shape index (κ1) is 16.6. The first-order chi connectivity index (χ1) is 10.0. The number of benzene rings is 1. The molecule has 0 aliphatic heterocycles. The first-order valence-electron chi connectivity index (χ1n) is 6.79. The maximum Gasteiger partial charge on any atom is 0.333 e. The van der Waals surface area contributed by atoms with Gasteiger partial charge in [0.2, 0.25) is 0 Å². The van der Waals surface area contributed by atoms with E-state index in [1.54, 1.807) is 30.3 Å². The van der Waals surface area contributed by atoms with Crippen LogP contribution in [0.2, 0.25) is 0 Å². The van der Waals surface area contributed by atoms with E-state index in [9.17, 15) is 14.7 Å². The van der Waals surface area contributed by atoms with E-state index >= 15 is 0 Å². The summed E-state index contributed by atoms with van der Waals surface area (Å²) < 4.78 is 0. The molecule has 1 unspecified atom stereocenters. The van der Waals surface area contributed by atoms with Crippen molar-refractivity contribution in [1.82, 2.24) is 10.6 Å². The normalized spacial score (nSPS) is 12.8. The van der Waals surface area contributed by atoms with Gasteiger partial charge in [-0.15, -0.1) is 12.3 Å². The molecule has 0 heterocycles. The minimum absolute atomic E-state index is 0.456. The quantitative estimate of drug-likeness (QED) is 0.531. The van der Waals surface area contributed by atoms with E-state index < -0.39 is 17.5 Å². The number of unbranched alkanes of at least 4 members (excludes halogenated alkanes) is 2. The molecule has 0 aliphatic carbocycles. The van der Waals surface area contributed by atoms with Crippen LogP contribution in [0.3, 0.4) is 0 Å². The fourth-order valence-electron chi connectivity index (χ4n) is 1.85. The topological polar surface area (TPSA) is 78.4 Å². The third-order valence-electron chi connectivity index (χ3n) is 3.18. The van der Waals surface area contributed by atoms with E-state index in [4.69, 9.17) is 6.42 Å². The van der Waals surface area contributed by atoms with Gasteiger partial charge in [0, 0.05) is 13.0 Å². The number of rotatable bonds is 7. The second-order valence-electron chi connectivity index (χ2n) is 4.84. The Labute approximate surface area is 124 Å². The smallest absolute Gasteiger partial charge is 0.333 e. The van der Waals surface area contributed by atoms with Crippen molar-refractivity contribution in [2.24, 2.45) is 0 Å². The molecule has 0 bridgehead atoms. The molecule has 0 saturated carbocycles. The Hall–Kier alpha value is -2.48. The number of hydrogen-bond acceptors (Lipinski definition) is 2. The van der Waals surface area contributed by atoms with Gasteiger partial charge >= 0.3 is 12.0 Å². The Kier molecular flexibility index (Phi) is 6.28. The van der Waals surface area contributed by atoms with Crippen LogP contribution in [0.5, 0.6) is 0 Å². The van der Waals surface area contributed by atoms with Gasteiger partial charge in [0.1, 0.15) is 0 Å². The van der Waals surface area contributed by atoms with E-state index in [2.05, 4.69) is 16.6 Å². The fourth-order valence-corrected chi connectivity index (χ4v) is 1.85. The van der Waals surface area contributed by atoms with E-state index in [0.29, 0.717) is 18.5 Å². The van der Waals surface area contributed by atoms with Crippen LogP contribution >= 0.6 is 0 Å². The Balaban J connectivity index is 2.61. The molecule has 1 aromatic rings. The zero-order valence-corrected chi connectivity index (χ0v) is 12.1. The van der Waals surface area contributed by atoms with Gasteiger partial charge in [0.15, 0.2) is 5.54 Å². The number of urea groups is 1. The van der Waals surface area contributed by atoms with Crippen molar-refractivity contribution in [3.8, 4) is 12.3 Å². The van der Waals surface area contributed by atoms with Crippen LogP contribution in [0.15, 0.2) is 30.3 Å². The minimum atomic E-state index is -1.47. The molecule has 5 heteroatoms. The maximum absolute atomic E-state index is 11.8. The molecule has 112 valence electrons. The van der Waals surface area contributed by atoms with Crippen molar-refractivity contribution in [2.75, 3.05) is 6.54 Å². The predicted molar refractivity (Wildman–Crippen MR) is 80.6 cm³/mol. The Morgan fingerprint density at radius 1 is 1.29 bits per heavy atom. The molecule has 1 aromatic carbocycles. The fraction of sp³-hybridized carbons (Fsp3) is 0.375. The van der Waals surface area contributed by atoms with Crippen LogP contribution in [0.1, 0.15) is 31.7 Å². The molecule has 0 radical (unpaired) electrons. The second-order valence-corrected chi connectivity index (χ2v) is 4.84. The molecule has 0 aliphatic rings. The molecule has 2 amide bonds. The Morgan fingerprint density at radius 3 is 2.52 bits per heavy atom. The SMILES string of the molecule is C#CCCCCNC(=O)NC(C)(C(=O)O)c1ccccc1. The predicted octanol–water partition coefficient (Wildman–Crippen LogP) is 2.09. The van der Waals surface area contributed by atoms with Gasteiger partial charge in [-0.2, -0.15) is 0 Å². The average Bonchev–Trinajstić information content (AvgIpc) is 2.47. The van der Waals surface area contributed by atoms with Crippen LogP contribution in [0.4, 0.5) is 4.79 Å². The number of carboxylic acid groups (broad SMARTS) is 1. The van der Waals surface area contributed by atoms with Crippen molar-refractivity contribution in [3.05, 3.63) is 35.9 Å². The zero-order chi connectivity index (χ0) is 15.7. The molecule has 3 N–H and O–H groups in total. The summed E-state index contributed by atoms with van der Waals surface area (Å²) in [6.07, 6.45) is 7.39. The summed E-state index contributed by atoms with van der Waals surface area (Å²) in [5.41, 5.74) is -0.954. The van der Waals surface area contributed by atoms with E-state index in [-0.39, 0.29) is 0 Å². The highest BCUT2D eigenvalue weighted by molar-refractivity contribution is 5.87. The summed E-state index contributed by atoms with van der Waals surface area (Å²) in [5, 5.41) is 14.6. The van der Waals surface area contributed by atoms with Crippen molar-refractivity contribution in [3.63, 3.8) is 0 Å². The first-order valence-corrected chi connectivity index (χ1v) is 6.79. The van der Waals surface area contributed by atoms with Crippen LogP contribution < -0.4 is 10.6 Å².